The number of unbranched alkanes of at least 4 members (excludes halogenated alkanes) is 1. The van der Waals surface area contributed by atoms with Crippen LogP contribution in [0, 0.1) is 5.41 Å². The lowest BCUT2D eigenvalue weighted by molar-refractivity contribution is -0.121. The van der Waals surface area contributed by atoms with E-state index in [0.717, 1.165) is 19.5 Å². The first kappa shape index (κ1) is 15.6. The number of rotatable bonds is 8. The molecular weight excluding hydrogens is 198 g/mol. The number of Topliss-reactive ketones (excluding diaryl/α,β-unsaturated/α-hetero) is 1. The first-order valence-electron chi connectivity index (χ1n) is 6.63. The minimum atomic E-state index is 0.125. The van der Waals surface area contributed by atoms with Gasteiger partial charge in [-0.2, -0.15) is 0 Å². The normalized spacial score (nSPS) is 12.1. The molecule has 16 heavy (non-hydrogen) atoms. The van der Waals surface area contributed by atoms with Crippen molar-refractivity contribution in [3.05, 3.63) is 0 Å². The molecule has 0 spiro atoms. The second-order valence-corrected chi connectivity index (χ2v) is 5.91. The van der Waals surface area contributed by atoms with Crippen LogP contribution in [0.4, 0.5) is 0 Å². The average Bonchev–Trinajstić information content (AvgIpc) is 2.11. The Morgan fingerprint density at radius 2 is 1.69 bits per heavy atom. The van der Waals surface area contributed by atoms with Crippen molar-refractivity contribution in [1.29, 1.82) is 0 Å². The molecule has 0 heterocycles. The molecule has 0 saturated heterocycles. The van der Waals surface area contributed by atoms with Crippen molar-refractivity contribution in [2.24, 2.45) is 5.41 Å². The van der Waals surface area contributed by atoms with Gasteiger partial charge >= 0.3 is 0 Å². The predicted octanol–water partition coefficient (Wildman–Crippen LogP) is 3.50. The largest absolute Gasteiger partial charge is 0.298 e. The van der Waals surface area contributed by atoms with E-state index in [2.05, 4.69) is 39.5 Å². The molecule has 0 saturated carbocycles. The molecule has 96 valence electrons. The molecule has 2 nitrogen and oxygen atoms in total. The van der Waals surface area contributed by atoms with E-state index in [-0.39, 0.29) is 5.41 Å². The van der Waals surface area contributed by atoms with Gasteiger partial charge in [0.2, 0.25) is 0 Å². The van der Waals surface area contributed by atoms with E-state index in [4.69, 9.17) is 0 Å². The van der Waals surface area contributed by atoms with E-state index in [0.29, 0.717) is 18.7 Å². The Labute approximate surface area is 101 Å². The van der Waals surface area contributed by atoms with Gasteiger partial charge < -0.3 is 0 Å². The van der Waals surface area contributed by atoms with Crippen LogP contribution in [0.25, 0.3) is 0 Å². The van der Waals surface area contributed by atoms with Crippen LogP contribution in [-0.2, 0) is 4.79 Å². The number of carbonyl (C=O) groups is 1. The molecule has 0 bridgehead atoms. The van der Waals surface area contributed by atoms with Crippen LogP contribution >= 0.6 is 0 Å². The fourth-order valence-electron chi connectivity index (χ4n) is 1.86. The Hall–Kier alpha value is -0.370. The third-order valence-corrected chi connectivity index (χ3v) is 2.50. The number of hydrogen-bond donors (Lipinski definition) is 0. The van der Waals surface area contributed by atoms with Crippen molar-refractivity contribution >= 4 is 5.78 Å². The highest BCUT2D eigenvalue weighted by Crippen LogP contribution is 2.18. The maximum absolute atomic E-state index is 11.9. The Morgan fingerprint density at radius 3 is 2.12 bits per heavy atom. The van der Waals surface area contributed by atoms with Gasteiger partial charge in [0.25, 0.3) is 0 Å². The number of hydrogen-bond acceptors (Lipinski definition) is 2. The summed E-state index contributed by atoms with van der Waals surface area (Å²) in [5.41, 5.74) is 0.125. The fourth-order valence-corrected chi connectivity index (χ4v) is 1.86. The third-order valence-electron chi connectivity index (χ3n) is 2.50. The summed E-state index contributed by atoms with van der Waals surface area (Å²) in [4.78, 5) is 14.2. The molecule has 2 heteroatoms. The molecule has 0 aliphatic rings. The molecule has 0 fully saturated rings. The summed E-state index contributed by atoms with van der Waals surface area (Å²) in [6, 6.07) is 0. The van der Waals surface area contributed by atoms with Crippen LogP contribution in [0.2, 0.25) is 0 Å². The molecular formula is C14H29NO. The van der Waals surface area contributed by atoms with Gasteiger partial charge in [-0.1, -0.05) is 41.0 Å². The first-order chi connectivity index (χ1) is 7.39. The molecule has 0 atom stereocenters. The maximum Gasteiger partial charge on any atom is 0.147 e. The van der Waals surface area contributed by atoms with E-state index >= 15 is 0 Å². The second kappa shape index (κ2) is 7.83. The van der Waals surface area contributed by atoms with Crippen LogP contribution in [0.15, 0.2) is 0 Å². The smallest absolute Gasteiger partial charge is 0.147 e. The van der Waals surface area contributed by atoms with Gasteiger partial charge in [-0.3, -0.25) is 9.69 Å². The minimum Gasteiger partial charge on any atom is -0.298 e. The lowest BCUT2D eigenvalue weighted by Gasteiger charge is -2.23. The topological polar surface area (TPSA) is 20.3 Å². The Kier molecular flexibility index (Phi) is 7.65. The van der Waals surface area contributed by atoms with Crippen molar-refractivity contribution < 1.29 is 4.79 Å². The van der Waals surface area contributed by atoms with Crippen molar-refractivity contribution in [3.63, 3.8) is 0 Å². The zero-order valence-electron chi connectivity index (χ0n) is 11.8. The molecule has 0 N–H and O–H groups in total. The molecule has 0 aromatic rings. The zero-order valence-corrected chi connectivity index (χ0v) is 11.8. The summed E-state index contributed by atoms with van der Waals surface area (Å²) >= 11 is 0. The summed E-state index contributed by atoms with van der Waals surface area (Å²) in [5, 5.41) is 0. The summed E-state index contributed by atoms with van der Waals surface area (Å²) in [5.74, 6) is 0.386. The standard InChI is InChI=1S/C14H29NO/c1-6-8-10-15(9-7-2)12-13(16)11-14(3,4)5/h6-12H2,1-5H3. The van der Waals surface area contributed by atoms with Crippen LogP contribution in [0.5, 0.6) is 0 Å². The monoisotopic (exact) mass is 227 g/mol. The van der Waals surface area contributed by atoms with Gasteiger partial charge in [0, 0.05) is 6.42 Å². The minimum absolute atomic E-state index is 0.125. The highest BCUT2D eigenvalue weighted by molar-refractivity contribution is 5.81. The number of nitrogens with zero attached hydrogens (tertiary/aromatic N) is 1. The molecule has 0 aromatic carbocycles. The third kappa shape index (κ3) is 8.90. The number of ketones is 1. The zero-order chi connectivity index (χ0) is 12.6. The Bertz CT molecular complexity index is 193. The molecule has 0 aromatic heterocycles. The SMILES string of the molecule is CCCCN(CCC)CC(=O)CC(C)(C)C. The van der Waals surface area contributed by atoms with E-state index in [9.17, 15) is 4.79 Å². The second-order valence-electron chi connectivity index (χ2n) is 5.91. The van der Waals surface area contributed by atoms with Crippen molar-refractivity contribution in [2.45, 2.75) is 60.3 Å². The molecule has 0 amide bonds. The summed E-state index contributed by atoms with van der Waals surface area (Å²) < 4.78 is 0. The van der Waals surface area contributed by atoms with Gasteiger partial charge in [-0.05, 0) is 31.3 Å². The average molecular weight is 227 g/mol. The van der Waals surface area contributed by atoms with Crippen LogP contribution < -0.4 is 0 Å². The van der Waals surface area contributed by atoms with Gasteiger partial charge in [0.15, 0.2) is 0 Å². The van der Waals surface area contributed by atoms with Gasteiger partial charge in [0.1, 0.15) is 5.78 Å². The van der Waals surface area contributed by atoms with Crippen molar-refractivity contribution in [3.8, 4) is 0 Å². The van der Waals surface area contributed by atoms with Gasteiger partial charge in [-0.25, -0.2) is 0 Å². The Morgan fingerprint density at radius 1 is 1.06 bits per heavy atom. The summed E-state index contributed by atoms with van der Waals surface area (Å²) in [7, 11) is 0. The molecule has 0 aliphatic carbocycles. The first-order valence-corrected chi connectivity index (χ1v) is 6.63. The van der Waals surface area contributed by atoms with Crippen LogP contribution in [0.3, 0.4) is 0 Å². The van der Waals surface area contributed by atoms with Crippen LogP contribution in [0.1, 0.15) is 60.3 Å². The van der Waals surface area contributed by atoms with E-state index in [1.54, 1.807) is 0 Å². The summed E-state index contributed by atoms with van der Waals surface area (Å²) in [6.45, 7) is 13.5. The van der Waals surface area contributed by atoms with E-state index in [1.165, 1.54) is 12.8 Å². The highest BCUT2D eigenvalue weighted by Gasteiger charge is 2.17. The lowest BCUT2D eigenvalue weighted by Crippen LogP contribution is -2.33. The molecule has 0 rings (SSSR count). The predicted molar refractivity (Wildman–Crippen MR) is 70.7 cm³/mol. The van der Waals surface area contributed by atoms with Crippen molar-refractivity contribution in [1.82, 2.24) is 4.90 Å². The lowest BCUT2D eigenvalue weighted by atomic mass is 9.90. The van der Waals surface area contributed by atoms with Crippen LogP contribution in [-0.4, -0.2) is 30.3 Å². The molecule has 0 aliphatic heterocycles. The highest BCUT2D eigenvalue weighted by atomic mass is 16.1. The van der Waals surface area contributed by atoms with Crippen molar-refractivity contribution in [2.75, 3.05) is 19.6 Å². The quantitative estimate of drug-likeness (QED) is 0.632. The fraction of sp³-hybridized carbons (Fsp3) is 0.929. The number of carbonyl (C=O) groups excluding carboxylic acids is 1. The van der Waals surface area contributed by atoms with E-state index < -0.39 is 0 Å². The molecule has 0 unspecified atom stereocenters. The molecule has 0 radical (unpaired) electrons. The van der Waals surface area contributed by atoms with Gasteiger partial charge in [0.05, 0.1) is 6.54 Å². The van der Waals surface area contributed by atoms with Gasteiger partial charge in [-0.15, -0.1) is 0 Å². The Balaban J connectivity index is 4.02. The maximum atomic E-state index is 11.9. The van der Waals surface area contributed by atoms with E-state index in [1.807, 2.05) is 0 Å². The summed E-state index contributed by atoms with van der Waals surface area (Å²) in [6.07, 6.45) is 4.22.